The molecule has 1 amide bonds. The van der Waals surface area contributed by atoms with Crippen molar-refractivity contribution >= 4 is 39.0 Å². The highest BCUT2D eigenvalue weighted by Crippen LogP contribution is 2.26. The maximum atomic E-state index is 12.4. The summed E-state index contributed by atoms with van der Waals surface area (Å²) in [6.45, 7) is 1.86. The molecular weight excluding hydrogens is 416 g/mol. The molecule has 0 saturated heterocycles. The number of carbonyl (C=O) groups is 1. The second-order valence-electron chi connectivity index (χ2n) is 5.52. The summed E-state index contributed by atoms with van der Waals surface area (Å²) < 4.78 is 7.42. The van der Waals surface area contributed by atoms with E-state index in [4.69, 9.17) is 4.42 Å². The van der Waals surface area contributed by atoms with Crippen LogP contribution in [0.4, 0.5) is 5.82 Å². The molecule has 4 aromatic rings. The number of anilines is 1. The third kappa shape index (κ3) is 3.33. The van der Waals surface area contributed by atoms with Gasteiger partial charge in [-0.15, -0.1) is 11.3 Å². The van der Waals surface area contributed by atoms with Crippen LogP contribution in [0.3, 0.4) is 0 Å². The van der Waals surface area contributed by atoms with Crippen LogP contribution in [0.1, 0.15) is 16.2 Å². The van der Waals surface area contributed by atoms with Crippen molar-refractivity contribution in [2.24, 2.45) is 0 Å². The summed E-state index contributed by atoms with van der Waals surface area (Å²) >= 11 is 4.65. The first-order valence-electron chi connectivity index (χ1n) is 7.75. The number of thiazole rings is 1. The van der Waals surface area contributed by atoms with Gasteiger partial charge in [0.2, 0.25) is 5.13 Å². The van der Waals surface area contributed by atoms with E-state index in [0.717, 1.165) is 17.0 Å². The van der Waals surface area contributed by atoms with Crippen LogP contribution in [-0.4, -0.2) is 20.7 Å². The minimum Gasteiger partial charge on any atom is -0.444 e. The zero-order chi connectivity index (χ0) is 18.1. The number of aryl methyl sites for hydroxylation is 1. The lowest BCUT2D eigenvalue weighted by Crippen LogP contribution is -2.14. The van der Waals surface area contributed by atoms with Crippen molar-refractivity contribution in [3.8, 4) is 16.4 Å². The summed E-state index contributed by atoms with van der Waals surface area (Å²) in [7, 11) is 0. The second-order valence-corrected chi connectivity index (χ2v) is 7.14. The quantitative estimate of drug-likeness (QED) is 0.500. The largest absolute Gasteiger partial charge is 0.444 e. The molecular formula is C18H13BrN4O2S. The molecule has 1 N–H and O–H groups in total. The molecule has 0 saturated carbocycles. The van der Waals surface area contributed by atoms with E-state index in [-0.39, 0.29) is 11.7 Å². The van der Waals surface area contributed by atoms with Gasteiger partial charge in [-0.3, -0.25) is 4.79 Å². The van der Waals surface area contributed by atoms with Crippen LogP contribution in [0.15, 0.2) is 63.0 Å². The number of nitrogens with zero attached hydrogens (tertiary/aromatic N) is 3. The molecule has 8 heteroatoms. The maximum Gasteiger partial charge on any atom is 0.292 e. The van der Waals surface area contributed by atoms with Gasteiger partial charge in [0.15, 0.2) is 10.4 Å². The standard InChI is InChI=1S/C18H13BrN4O2S/c1-11-9-16(21-17(24)14-7-8-15(19)25-14)23(22-11)18-20-13(10-26-18)12-5-3-2-4-6-12/h2-10H,1H3,(H,21,24). The van der Waals surface area contributed by atoms with Crippen molar-refractivity contribution in [3.05, 3.63) is 70.0 Å². The number of hydrogen-bond acceptors (Lipinski definition) is 5. The maximum absolute atomic E-state index is 12.4. The molecule has 0 bridgehead atoms. The Labute approximate surface area is 161 Å². The summed E-state index contributed by atoms with van der Waals surface area (Å²) in [5.41, 5.74) is 2.67. The third-order valence-corrected chi connectivity index (χ3v) is 4.86. The lowest BCUT2D eigenvalue weighted by Gasteiger charge is -2.05. The number of amides is 1. The first kappa shape index (κ1) is 16.7. The zero-order valence-electron chi connectivity index (χ0n) is 13.6. The van der Waals surface area contributed by atoms with E-state index in [1.807, 2.05) is 42.6 Å². The summed E-state index contributed by atoms with van der Waals surface area (Å²) in [4.78, 5) is 17.0. The van der Waals surface area contributed by atoms with Gasteiger partial charge in [0.25, 0.3) is 5.91 Å². The van der Waals surface area contributed by atoms with Crippen molar-refractivity contribution in [1.29, 1.82) is 0 Å². The SMILES string of the molecule is Cc1cc(NC(=O)c2ccc(Br)o2)n(-c2nc(-c3ccccc3)cs2)n1. The summed E-state index contributed by atoms with van der Waals surface area (Å²) in [6, 6.07) is 15.0. The van der Waals surface area contributed by atoms with Crippen LogP contribution >= 0.6 is 27.3 Å². The molecule has 0 atom stereocenters. The van der Waals surface area contributed by atoms with Gasteiger partial charge in [0.1, 0.15) is 5.82 Å². The molecule has 130 valence electrons. The number of aromatic nitrogens is 3. The van der Waals surface area contributed by atoms with Crippen molar-refractivity contribution in [2.75, 3.05) is 5.32 Å². The van der Waals surface area contributed by atoms with Gasteiger partial charge in [-0.1, -0.05) is 30.3 Å². The molecule has 4 rings (SSSR count). The predicted octanol–water partition coefficient (Wildman–Crippen LogP) is 4.91. The highest BCUT2D eigenvalue weighted by atomic mass is 79.9. The Morgan fingerprint density at radius 3 is 2.77 bits per heavy atom. The van der Waals surface area contributed by atoms with Crippen molar-refractivity contribution in [1.82, 2.24) is 14.8 Å². The highest BCUT2D eigenvalue weighted by molar-refractivity contribution is 9.10. The number of furan rings is 1. The number of carbonyl (C=O) groups excluding carboxylic acids is 1. The van der Waals surface area contributed by atoms with Crippen LogP contribution in [0, 0.1) is 6.92 Å². The van der Waals surface area contributed by atoms with Gasteiger partial charge < -0.3 is 9.73 Å². The predicted molar refractivity (Wildman–Crippen MR) is 104 cm³/mol. The molecule has 26 heavy (non-hydrogen) atoms. The topological polar surface area (TPSA) is 73.0 Å². The molecule has 0 unspecified atom stereocenters. The monoisotopic (exact) mass is 428 g/mol. The molecule has 0 radical (unpaired) electrons. The molecule has 0 aliphatic carbocycles. The number of rotatable bonds is 4. The van der Waals surface area contributed by atoms with Gasteiger partial charge in [0.05, 0.1) is 11.4 Å². The average Bonchev–Trinajstić information content (AvgIpc) is 3.35. The van der Waals surface area contributed by atoms with Crippen LogP contribution < -0.4 is 5.32 Å². The number of hydrogen-bond donors (Lipinski definition) is 1. The van der Waals surface area contributed by atoms with E-state index >= 15 is 0 Å². The number of benzene rings is 1. The van der Waals surface area contributed by atoms with Gasteiger partial charge in [-0.2, -0.15) is 9.78 Å². The van der Waals surface area contributed by atoms with Crippen LogP contribution in [0.2, 0.25) is 0 Å². The van der Waals surface area contributed by atoms with Crippen molar-refractivity contribution < 1.29 is 9.21 Å². The summed E-state index contributed by atoms with van der Waals surface area (Å²) in [5.74, 6) is 0.400. The Morgan fingerprint density at radius 1 is 1.23 bits per heavy atom. The number of nitrogens with one attached hydrogen (secondary N) is 1. The third-order valence-electron chi connectivity index (χ3n) is 3.61. The van der Waals surface area contributed by atoms with E-state index in [9.17, 15) is 4.79 Å². The van der Waals surface area contributed by atoms with Gasteiger partial charge >= 0.3 is 0 Å². The molecule has 3 heterocycles. The number of halogens is 1. The molecule has 6 nitrogen and oxygen atoms in total. The van der Waals surface area contributed by atoms with E-state index < -0.39 is 0 Å². The molecule has 3 aromatic heterocycles. The van der Waals surface area contributed by atoms with E-state index in [1.54, 1.807) is 22.9 Å². The lowest BCUT2D eigenvalue weighted by atomic mass is 10.2. The Balaban J connectivity index is 1.64. The molecule has 0 fully saturated rings. The smallest absolute Gasteiger partial charge is 0.292 e. The van der Waals surface area contributed by atoms with Gasteiger partial charge in [0, 0.05) is 17.0 Å². The van der Waals surface area contributed by atoms with Gasteiger partial charge in [-0.05, 0) is 35.0 Å². The second kappa shape index (κ2) is 6.89. The normalized spacial score (nSPS) is 10.8. The average molecular weight is 429 g/mol. The van der Waals surface area contributed by atoms with Crippen LogP contribution in [0.5, 0.6) is 0 Å². The lowest BCUT2D eigenvalue weighted by molar-refractivity contribution is 0.0994. The molecule has 0 aliphatic rings. The fourth-order valence-corrected chi connectivity index (χ4v) is 3.55. The van der Waals surface area contributed by atoms with Crippen molar-refractivity contribution in [3.63, 3.8) is 0 Å². The summed E-state index contributed by atoms with van der Waals surface area (Å²) in [5, 5.41) is 9.92. The minimum absolute atomic E-state index is 0.214. The van der Waals surface area contributed by atoms with Crippen LogP contribution in [-0.2, 0) is 0 Å². The minimum atomic E-state index is -0.350. The first-order valence-corrected chi connectivity index (χ1v) is 9.42. The Hall–Kier alpha value is -2.71. The highest BCUT2D eigenvalue weighted by Gasteiger charge is 2.17. The van der Waals surface area contributed by atoms with Crippen LogP contribution in [0.25, 0.3) is 16.4 Å². The molecule has 0 aliphatic heterocycles. The fraction of sp³-hybridized carbons (Fsp3) is 0.0556. The Kier molecular flexibility index (Phi) is 4.44. The molecule has 0 spiro atoms. The molecule has 1 aromatic carbocycles. The zero-order valence-corrected chi connectivity index (χ0v) is 16.0. The van der Waals surface area contributed by atoms with Gasteiger partial charge in [-0.25, -0.2) is 4.98 Å². The van der Waals surface area contributed by atoms with E-state index in [0.29, 0.717) is 15.6 Å². The van der Waals surface area contributed by atoms with E-state index in [2.05, 4.69) is 31.3 Å². The van der Waals surface area contributed by atoms with E-state index in [1.165, 1.54) is 11.3 Å². The Morgan fingerprint density at radius 2 is 2.04 bits per heavy atom. The summed E-state index contributed by atoms with van der Waals surface area (Å²) in [6.07, 6.45) is 0. The first-order chi connectivity index (χ1) is 12.6. The van der Waals surface area contributed by atoms with Crippen molar-refractivity contribution in [2.45, 2.75) is 6.92 Å². The fourth-order valence-electron chi connectivity index (χ4n) is 2.45. The Bertz CT molecular complexity index is 1070.